The van der Waals surface area contributed by atoms with Crippen molar-refractivity contribution in [3.05, 3.63) is 65.7 Å². The Kier molecular flexibility index (Phi) is 8.18. The van der Waals surface area contributed by atoms with Crippen LogP contribution in [0, 0.1) is 12.8 Å². The summed E-state index contributed by atoms with van der Waals surface area (Å²) in [5, 5.41) is 3.21. The Morgan fingerprint density at radius 2 is 1.78 bits per heavy atom. The van der Waals surface area contributed by atoms with Crippen molar-refractivity contribution in [3.63, 3.8) is 0 Å². The molecule has 1 atom stereocenters. The van der Waals surface area contributed by atoms with E-state index in [9.17, 15) is 4.79 Å². The third-order valence-corrected chi connectivity index (χ3v) is 6.81. The normalized spacial score (nSPS) is 20.3. The maximum atomic E-state index is 12.7. The molecule has 1 N–H and O–H groups in total. The minimum absolute atomic E-state index is 0.130. The Morgan fingerprint density at radius 3 is 2.56 bits per heavy atom. The van der Waals surface area contributed by atoms with Crippen LogP contribution < -0.4 is 10.2 Å². The molecule has 2 aromatic rings. The van der Waals surface area contributed by atoms with Crippen LogP contribution in [0.5, 0.6) is 0 Å². The molecule has 1 amide bonds. The highest BCUT2D eigenvalue weighted by Gasteiger charge is 2.25. The standard InChI is InChI=1S/C27H38N4O/c1-23-8-5-12-26(20-23)31-18-16-29(17-19-31)15-7-13-28-27(32)25-11-6-14-30(22-25)21-24-9-3-2-4-10-24/h2-5,8-10,12,20,25H,6-7,11,13-19,21-22H2,1H3,(H,28,32). The predicted molar refractivity (Wildman–Crippen MR) is 132 cm³/mol. The lowest BCUT2D eigenvalue weighted by molar-refractivity contribution is -0.126. The molecule has 2 fully saturated rings. The van der Waals surface area contributed by atoms with Gasteiger partial charge >= 0.3 is 0 Å². The number of nitrogens with zero attached hydrogens (tertiary/aromatic N) is 3. The molecule has 0 saturated carbocycles. The molecule has 172 valence electrons. The predicted octanol–water partition coefficient (Wildman–Crippen LogP) is 3.54. The van der Waals surface area contributed by atoms with Crippen molar-refractivity contribution < 1.29 is 4.79 Å². The number of amides is 1. The van der Waals surface area contributed by atoms with E-state index in [0.717, 1.165) is 78.2 Å². The summed E-state index contributed by atoms with van der Waals surface area (Å²) >= 11 is 0. The fourth-order valence-corrected chi connectivity index (χ4v) is 4.97. The number of hydrogen-bond acceptors (Lipinski definition) is 4. The number of piperazine rings is 1. The molecule has 2 aliphatic rings. The molecule has 5 nitrogen and oxygen atoms in total. The third kappa shape index (κ3) is 6.57. The molecule has 0 aromatic heterocycles. The lowest BCUT2D eigenvalue weighted by Crippen LogP contribution is -2.47. The van der Waals surface area contributed by atoms with E-state index in [1.165, 1.54) is 16.8 Å². The molecular weight excluding hydrogens is 396 g/mol. The van der Waals surface area contributed by atoms with E-state index >= 15 is 0 Å². The second-order valence-corrected chi connectivity index (χ2v) is 9.37. The van der Waals surface area contributed by atoms with Gasteiger partial charge in [0.2, 0.25) is 5.91 Å². The summed E-state index contributed by atoms with van der Waals surface area (Å²) in [6, 6.07) is 19.4. The SMILES string of the molecule is Cc1cccc(N2CCN(CCCNC(=O)C3CCCN(Cc4ccccc4)C3)CC2)c1. The zero-order valence-corrected chi connectivity index (χ0v) is 19.5. The fraction of sp³-hybridized carbons (Fsp3) is 0.519. The molecule has 32 heavy (non-hydrogen) atoms. The van der Waals surface area contributed by atoms with E-state index in [-0.39, 0.29) is 11.8 Å². The molecule has 0 radical (unpaired) electrons. The first kappa shape index (κ1) is 22.8. The summed E-state index contributed by atoms with van der Waals surface area (Å²) in [6.07, 6.45) is 3.14. The minimum atomic E-state index is 0.130. The van der Waals surface area contributed by atoms with Crippen molar-refractivity contribution in [2.75, 3.05) is 57.3 Å². The van der Waals surface area contributed by atoms with E-state index in [1.54, 1.807) is 0 Å². The van der Waals surface area contributed by atoms with Crippen LogP contribution in [0.3, 0.4) is 0 Å². The Morgan fingerprint density at radius 1 is 0.969 bits per heavy atom. The number of nitrogens with one attached hydrogen (secondary N) is 1. The highest BCUT2D eigenvalue weighted by Crippen LogP contribution is 2.19. The molecule has 2 saturated heterocycles. The second kappa shape index (κ2) is 11.5. The van der Waals surface area contributed by atoms with Crippen molar-refractivity contribution in [2.45, 2.75) is 32.7 Å². The smallest absolute Gasteiger partial charge is 0.224 e. The van der Waals surface area contributed by atoms with Crippen molar-refractivity contribution in [2.24, 2.45) is 5.92 Å². The lowest BCUT2D eigenvalue weighted by Gasteiger charge is -2.36. The number of hydrogen-bond donors (Lipinski definition) is 1. The van der Waals surface area contributed by atoms with Gasteiger partial charge in [0.15, 0.2) is 0 Å². The number of rotatable bonds is 8. The first-order valence-corrected chi connectivity index (χ1v) is 12.3. The first-order chi connectivity index (χ1) is 15.7. The third-order valence-electron chi connectivity index (χ3n) is 6.81. The topological polar surface area (TPSA) is 38.8 Å². The maximum Gasteiger partial charge on any atom is 0.224 e. The summed E-state index contributed by atoms with van der Waals surface area (Å²) in [6.45, 7) is 11.3. The van der Waals surface area contributed by atoms with Gasteiger partial charge in [-0.1, -0.05) is 42.5 Å². The van der Waals surface area contributed by atoms with Gasteiger partial charge in [-0.3, -0.25) is 14.6 Å². The first-order valence-electron chi connectivity index (χ1n) is 12.3. The van der Waals surface area contributed by atoms with Gasteiger partial charge in [-0.15, -0.1) is 0 Å². The molecule has 4 rings (SSSR count). The van der Waals surface area contributed by atoms with Gasteiger partial charge in [0, 0.05) is 51.5 Å². The van der Waals surface area contributed by atoms with Gasteiger partial charge in [0.1, 0.15) is 0 Å². The molecule has 2 heterocycles. The Hall–Kier alpha value is -2.37. The average molecular weight is 435 g/mol. The number of aryl methyl sites for hydroxylation is 1. The van der Waals surface area contributed by atoms with Crippen LogP contribution in [-0.4, -0.2) is 68.1 Å². The second-order valence-electron chi connectivity index (χ2n) is 9.37. The molecule has 2 aliphatic heterocycles. The molecule has 1 unspecified atom stereocenters. The van der Waals surface area contributed by atoms with Crippen LogP contribution in [0.15, 0.2) is 54.6 Å². The number of piperidine rings is 1. The summed E-state index contributed by atoms with van der Waals surface area (Å²) in [5.74, 6) is 0.373. The minimum Gasteiger partial charge on any atom is -0.369 e. The monoisotopic (exact) mass is 434 g/mol. The number of carbonyl (C=O) groups is 1. The number of carbonyl (C=O) groups excluding carboxylic acids is 1. The van der Waals surface area contributed by atoms with Gasteiger partial charge in [-0.05, 0) is 62.5 Å². The van der Waals surface area contributed by atoms with Crippen molar-refractivity contribution in [1.29, 1.82) is 0 Å². The van der Waals surface area contributed by atoms with Crippen LogP contribution in [0.1, 0.15) is 30.4 Å². The van der Waals surface area contributed by atoms with Crippen LogP contribution in [0.4, 0.5) is 5.69 Å². The van der Waals surface area contributed by atoms with Crippen LogP contribution in [0.2, 0.25) is 0 Å². The fourth-order valence-electron chi connectivity index (χ4n) is 4.97. The van der Waals surface area contributed by atoms with Gasteiger partial charge in [0.05, 0.1) is 5.92 Å². The lowest BCUT2D eigenvalue weighted by atomic mass is 9.96. The quantitative estimate of drug-likeness (QED) is 0.645. The van der Waals surface area contributed by atoms with Crippen molar-refractivity contribution >= 4 is 11.6 Å². The number of likely N-dealkylation sites (tertiary alicyclic amines) is 1. The van der Waals surface area contributed by atoms with Crippen molar-refractivity contribution in [1.82, 2.24) is 15.1 Å². The Balaban J connectivity index is 1.12. The summed E-state index contributed by atoms with van der Waals surface area (Å²) in [5.41, 5.74) is 3.99. The summed E-state index contributed by atoms with van der Waals surface area (Å²) in [7, 11) is 0. The maximum absolute atomic E-state index is 12.7. The Labute approximate surface area is 193 Å². The van der Waals surface area contributed by atoms with Gasteiger partial charge in [-0.2, -0.15) is 0 Å². The van der Waals surface area contributed by atoms with E-state index in [4.69, 9.17) is 0 Å². The average Bonchev–Trinajstić information content (AvgIpc) is 2.83. The highest BCUT2D eigenvalue weighted by atomic mass is 16.1. The number of benzene rings is 2. The largest absolute Gasteiger partial charge is 0.369 e. The van der Waals surface area contributed by atoms with E-state index in [0.29, 0.717) is 0 Å². The molecule has 0 spiro atoms. The highest BCUT2D eigenvalue weighted by molar-refractivity contribution is 5.78. The van der Waals surface area contributed by atoms with Gasteiger partial charge < -0.3 is 10.2 Å². The molecule has 0 aliphatic carbocycles. The molecular formula is C27H38N4O. The molecule has 5 heteroatoms. The van der Waals surface area contributed by atoms with Crippen LogP contribution in [0.25, 0.3) is 0 Å². The van der Waals surface area contributed by atoms with E-state index in [2.05, 4.69) is 81.5 Å². The van der Waals surface area contributed by atoms with E-state index < -0.39 is 0 Å². The Bertz CT molecular complexity index is 848. The summed E-state index contributed by atoms with van der Waals surface area (Å²) in [4.78, 5) is 20.2. The van der Waals surface area contributed by atoms with Crippen LogP contribution in [-0.2, 0) is 11.3 Å². The van der Waals surface area contributed by atoms with Crippen LogP contribution >= 0.6 is 0 Å². The molecule has 2 aromatic carbocycles. The van der Waals surface area contributed by atoms with E-state index in [1.807, 2.05) is 0 Å². The van der Waals surface area contributed by atoms with Crippen molar-refractivity contribution in [3.8, 4) is 0 Å². The zero-order valence-electron chi connectivity index (χ0n) is 19.5. The summed E-state index contributed by atoms with van der Waals surface area (Å²) < 4.78 is 0. The van der Waals surface area contributed by atoms with Gasteiger partial charge in [0.25, 0.3) is 0 Å². The molecule has 0 bridgehead atoms. The zero-order chi connectivity index (χ0) is 22.2. The number of anilines is 1. The van der Waals surface area contributed by atoms with Gasteiger partial charge in [-0.25, -0.2) is 0 Å².